The number of benzene rings is 1. The molecule has 11 heteroatoms. The van der Waals surface area contributed by atoms with Gasteiger partial charge in [-0.15, -0.1) is 11.3 Å². The van der Waals surface area contributed by atoms with Gasteiger partial charge >= 0.3 is 0 Å². The third-order valence-corrected chi connectivity index (χ3v) is 8.32. The minimum Gasteiger partial charge on any atom is -0.497 e. The second kappa shape index (κ2) is 6.02. The highest BCUT2D eigenvalue weighted by molar-refractivity contribution is 7.96. The Labute approximate surface area is 149 Å². The first-order valence-corrected chi connectivity index (χ1v) is 10.7. The molecule has 0 unspecified atom stereocenters. The Morgan fingerprint density at radius 2 is 2.00 bits per heavy atom. The van der Waals surface area contributed by atoms with Crippen molar-refractivity contribution >= 4 is 42.8 Å². The third-order valence-electron chi connectivity index (χ3n) is 3.56. The predicted molar refractivity (Wildman–Crippen MR) is 95.4 cm³/mol. The van der Waals surface area contributed by atoms with Gasteiger partial charge in [-0.2, -0.15) is 8.42 Å². The molecule has 134 valence electrons. The molecule has 0 spiro atoms. The average molecular weight is 401 g/mol. The number of nitrogens with two attached hydrogens (primary N) is 1. The number of methoxy groups -OCH3 is 1. The lowest BCUT2D eigenvalue weighted by Crippen LogP contribution is -2.31. The van der Waals surface area contributed by atoms with Gasteiger partial charge in [-0.05, 0) is 18.2 Å². The smallest absolute Gasteiger partial charge is 0.278 e. The van der Waals surface area contributed by atoms with Crippen LogP contribution in [0.4, 0.5) is 5.69 Å². The largest absolute Gasteiger partial charge is 0.497 e. The van der Waals surface area contributed by atoms with Gasteiger partial charge in [0.05, 0.1) is 18.5 Å². The molecule has 0 saturated carbocycles. The second-order valence-electron chi connectivity index (χ2n) is 5.11. The molecule has 0 radical (unpaired) electrons. The lowest BCUT2D eigenvalue weighted by atomic mass is 10.2. The fourth-order valence-corrected chi connectivity index (χ4v) is 6.36. The van der Waals surface area contributed by atoms with Gasteiger partial charge < -0.3 is 10.1 Å². The topological polar surface area (TPSA) is 119 Å². The van der Waals surface area contributed by atoms with E-state index in [1.807, 2.05) is 0 Å². The number of ether oxygens (including phenoxy) is 1. The Balaban J connectivity index is 2.23. The highest BCUT2D eigenvalue weighted by Crippen LogP contribution is 2.41. The molecule has 25 heavy (non-hydrogen) atoms. The number of anilines is 1. The fourth-order valence-electron chi connectivity index (χ4n) is 2.38. The summed E-state index contributed by atoms with van der Waals surface area (Å²) in [6.45, 7) is 0. The van der Waals surface area contributed by atoms with Crippen molar-refractivity contribution in [1.82, 2.24) is 5.32 Å². The summed E-state index contributed by atoms with van der Waals surface area (Å²) in [6.07, 6.45) is 1.39. The SMILES string of the molecule is CNC1=CN(c2cccc(OC)c2)S(=O)(=O)c2sc(S(N)(=O)=O)cc21. The molecular weight excluding hydrogens is 386 g/mol. The van der Waals surface area contributed by atoms with E-state index in [2.05, 4.69) is 5.32 Å². The number of nitrogens with zero attached hydrogens (tertiary/aromatic N) is 1. The number of nitrogens with one attached hydrogen (secondary N) is 1. The first-order chi connectivity index (χ1) is 11.7. The molecule has 1 aromatic heterocycles. The van der Waals surface area contributed by atoms with Crippen LogP contribution in [0.2, 0.25) is 0 Å². The zero-order chi connectivity index (χ0) is 18.4. The summed E-state index contributed by atoms with van der Waals surface area (Å²) in [5, 5.41) is 8.03. The van der Waals surface area contributed by atoms with Crippen LogP contribution in [0.1, 0.15) is 5.56 Å². The molecule has 3 N–H and O–H groups in total. The average Bonchev–Trinajstić information content (AvgIpc) is 3.02. The summed E-state index contributed by atoms with van der Waals surface area (Å²) in [7, 11) is -4.90. The van der Waals surface area contributed by atoms with E-state index in [0.717, 1.165) is 4.31 Å². The van der Waals surface area contributed by atoms with Crippen molar-refractivity contribution in [3.05, 3.63) is 42.1 Å². The minimum atomic E-state index is -4.01. The van der Waals surface area contributed by atoms with Gasteiger partial charge in [0.2, 0.25) is 10.0 Å². The Hall–Kier alpha value is -2.08. The molecule has 2 heterocycles. The van der Waals surface area contributed by atoms with E-state index < -0.39 is 20.0 Å². The summed E-state index contributed by atoms with van der Waals surface area (Å²) in [6, 6.07) is 7.80. The van der Waals surface area contributed by atoms with Crippen molar-refractivity contribution in [1.29, 1.82) is 0 Å². The van der Waals surface area contributed by atoms with E-state index in [0.29, 0.717) is 28.5 Å². The Morgan fingerprint density at radius 3 is 2.60 bits per heavy atom. The van der Waals surface area contributed by atoms with Crippen LogP contribution in [0, 0.1) is 0 Å². The van der Waals surface area contributed by atoms with E-state index in [1.165, 1.54) is 19.4 Å². The molecule has 1 aliphatic heterocycles. The zero-order valence-corrected chi connectivity index (χ0v) is 15.7. The first kappa shape index (κ1) is 17.7. The van der Waals surface area contributed by atoms with Crippen LogP contribution in [-0.4, -0.2) is 31.0 Å². The Kier molecular flexibility index (Phi) is 4.27. The van der Waals surface area contributed by atoms with Crippen molar-refractivity contribution in [2.24, 2.45) is 5.14 Å². The van der Waals surface area contributed by atoms with E-state index in [1.54, 1.807) is 31.3 Å². The molecular formula is C14H15N3O5S3. The number of rotatable bonds is 4. The maximum absolute atomic E-state index is 13.0. The molecule has 2 aromatic rings. The second-order valence-corrected chi connectivity index (χ2v) is 9.96. The van der Waals surface area contributed by atoms with Crippen molar-refractivity contribution in [2.45, 2.75) is 8.42 Å². The highest BCUT2D eigenvalue weighted by Gasteiger charge is 2.36. The first-order valence-electron chi connectivity index (χ1n) is 6.93. The van der Waals surface area contributed by atoms with Gasteiger partial charge in [-0.25, -0.2) is 17.9 Å². The summed E-state index contributed by atoms with van der Waals surface area (Å²) in [5.41, 5.74) is 1.10. The molecule has 0 fully saturated rings. The molecule has 0 atom stereocenters. The Bertz CT molecular complexity index is 1070. The summed E-state index contributed by atoms with van der Waals surface area (Å²) < 4.78 is 55.1. The van der Waals surface area contributed by atoms with Crippen LogP contribution in [0.15, 0.2) is 45.0 Å². The summed E-state index contributed by atoms with van der Waals surface area (Å²) in [4.78, 5) is 0. The maximum Gasteiger partial charge on any atom is 0.278 e. The number of sulfonamides is 2. The van der Waals surface area contributed by atoms with Gasteiger partial charge in [0.15, 0.2) is 4.21 Å². The van der Waals surface area contributed by atoms with Crippen LogP contribution in [-0.2, 0) is 20.0 Å². The Morgan fingerprint density at radius 1 is 1.28 bits per heavy atom. The number of primary sulfonamides is 1. The van der Waals surface area contributed by atoms with Gasteiger partial charge in [0, 0.05) is 24.9 Å². The van der Waals surface area contributed by atoms with Crippen molar-refractivity contribution < 1.29 is 21.6 Å². The molecule has 1 aliphatic rings. The predicted octanol–water partition coefficient (Wildman–Crippen LogP) is 1.13. The van der Waals surface area contributed by atoms with E-state index >= 15 is 0 Å². The molecule has 0 saturated heterocycles. The molecule has 8 nitrogen and oxygen atoms in total. The molecule has 3 rings (SSSR count). The standard InChI is InChI=1S/C14H15N3O5S3/c1-16-12-8-17(9-4-3-5-10(6-9)22-2)25(20,21)14-11(12)7-13(23-14)24(15,18)19/h3-8,16H,1-2H3,(H2,15,18,19). The van der Waals surface area contributed by atoms with Crippen molar-refractivity contribution in [3.8, 4) is 5.75 Å². The van der Waals surface area contributed by atoms with Crippen LogP contribution in [0.25, 0.3) is 5.70 Å². The lowest BCUT2D eigenvalue weighted by molar-refractivity contribution is 0.415. The van der Waals surface area contributed by atoms with Crippen LogP contribution >= 0.6 is 11.3 Å². The minimum absolute atomic E-state index is 0.0915. The highest BCUT2D eigenvalue weighted by atomic mass is 32.3. The van der Waals surface area contributed by atoms with Gasteiger partial charge in [0.25, 0.3) is 10.0 Å². The van der Waals surface area contributed by atoms with Gasteiger partial charge in [-0.1, -0.05) is 6.07 Å². The molecule has 0 amide bonds. The van der Waals surface area contributed by atoms with E-state index in [-0.39, 0.29) is 14.0 Å². The van der Waals surface area contributed by atoms with Gasteiger partial charge in [-0.3, -0.25) is 0 Å². The maximum atomic E-state index is 13.0. The van der Waals surface area contributed by atoms with E-state index in [9.17, 15) is 16.8 Å². The van der Waals surface area contributed by atoms with Crippen LogP contribution in [0.3, 0.4) is 0 Å². The van der Waals surface area contributed by atoms with Crippen molar-refractivity contribution in [3.63, 3.8) is 0 Å². The van der Waals surface area contributed by atoms with Gasteiger partial charge in [0.1, 0.15) is 9.96 Å². The molecule has 0 bridgehead atoms. The number of thiophene rings is 1. The fraction of sp³-hybridized carbons (Fsp3) is 0.143. The number of fused-ring (bicyclic) bond motifs is 1. The summed E-state index contributed by atoms with van der Waals surface area (Å²) in [5.74, 6) is 0.495. The normalized spacial score (nSPS) is 16.1. The summed E-state index contributed by atoms with van der Waals surface area (Å²) >= 11 is 0.622. The van der Waals surface area contributed by atoms with E-state index in [4.69, 9.17) is 9.88 Å². The third kappa shape index (κ3) is 2.99. The van der Waals surface area contributed by atoms with Crippen LogP contribution < -0.4 is 19.5 Å². The number of hydrogen-bond acceptors (Lipinski definition) is 7. The monoisotopic (exact) mass is 401 g/mol. The lowest BCUT2D eigenvalue weighted by Gasteiger charge is -2.26. The quantitative estimate of drug-likeness (QED) is 0.793. The zero-order valence-electron chi connectivity index (χ0n) is 13.3. The molecule has 0 aliphatic carbocycles. The molecule has 1 aromatic carbocycles. The van der Waals surface area contributed by atoms with Crippen molar-refractivity contribution in [2.75, 3.05) is 18.5 Å². The number of hydrogen-bond donors (Lipinski definition) is 2. The van der Waals surface area contributed by atoms with Crippen LogP contribution in [0.5, 0.6) is 5.75 Å².